The van der Waals surface area contributed by atoms with Crippen molar-refractivity contribution in [3.05, 3.63) is 71.8 Å². The number of methoxy groups -OCH3 is 1. The van der Waals surface area contributed by atoms with E-state index in [9.17, 15) is 4.79 Å². The Kier molecular flexibility index (Phi) is 4.02. The van der Waals surface area contributed by atoms with Gasteiger partial charge in [-0.1, -0.05) is 60.7 Å². The number of ether oxygens (including phenoxy) is 1. The summed E-state index contributed by atoms with van der Waals surface area (Å²) in [5, 5.41) is 0. The molecule has 0 spiro atoms. The summed E-state index contributed by atoms with van der Waals surface area (Å²) in [6.07, 6.45) is 0.985. The lowest BCUT2D eigenvalue weighted by Gasteiger charge is -2.32. The molecule has 2 atom stereocenters. The highest BCUT2D eigenvalue weighted by Gasteiger charge is 2.52. The molecule has 0 N–H and O–H groups in total. The van der Waals surface area contributed by atoms with E-state index in [2.05, 4.69) is 12.1 Å². The fraction of sp³-hybridized carbons (Fsp3) is 0.278. The number of thioether (sulfide) groups is 1. The van der Waals surface area contributed by atoms with Gasteiger partial charge in [0.1, 0.15) is 4.75 Å². The van der Waals surface area contributed by atoms with Crippen molar-refractivity contribution in [3.63, 3.8) is 0 Å². The van der Waals surface area contributed by atoms with Gasteiger partial charge < -0.3 is 4.74 Å². The highest BCUT2D eigenvalue weighted by Crippen LogP contribution is 2.56. The highest BCUT2D eigenvalue weighted by molar-refractivity contribution is 8.01. The summed E-state index contributed by atoms with van der Waals surface area (Å²) in [4.78, 5) is 12.7. The van der Waals surface area contributed by atoms with E-state index in [-0.39, 0.29) is 11.9 Å². The predicted octanol–water partition coefficient (Wildman–Crippen LogP) is 3.98. The second kappa shape index (κ2) is 5.94. The monoisotopic (exact) mass is 298 g/mol. The van der Waals surface area contributed by atoms with Gasteiger partial charge in [0, 0.05) is 5.92 Å². The highest BCUT2D eigenvalue weighted by atomic mass is 32.2. The molecule has 1 aliphatic rings. The van der Waals surface area contributed by atoms with Gasteiger partial charge in [-0.05, 0) is 23.3 Å². The summed E-state index contributed by atoms with van der Waals surface area (Å²) in [5.41, 5.74) is 2.24. The van der Waals surface area contributed by atoms with Crippen molar-refractivity contribution in [2.24, 2.45) is 0 Å². The summed E-state index contributed by atoms with van der Waals surface area (Å²) in [7, 11) is 1.48. The van der Waals surface area contributed by atoms with Crippen LogP contribution in [0.4, 0.5) is 0 Å². The quantitative estimate of drug-likeness (QED) is 0.802. The Bertz CT molecular complexity index is 612. The van der Waals surface area contributed by atoms with Crippen LogP contribution in [0.1, 0.15) is 23.5 Å². The van der Waals surface area contributed by atoms with Gasteiger partial charge in [-0.15, -0.1) is 11.8 Å². The van der Waals surface area contributed by atoms with Crippen molar-refractivity contribution in [1.82, 2.24) is 0 Å². The molecule has 0 saturated carbocycles. The molecule has 21 heavy (non-hydrogen) atoms. The van der Waals surface area contributed by atoms with Crippen LogP contribution >= 0.6 is 11.8 Å². The molecular formula is C18H18O2S. The van der Waals surface area contributed by atoms with Crippen molar-refractivity contribution in [2.75, 3.05) is 12.9 Å². The van der Waals surface area contributed by atoms with Crippen molar-refractivity contribution < 1.29 is 9.53 Å². The van der Waals surface area contributed by atoms with Crippen molar-refractivity contribution in [1.29, 1.82) is 0 Å². The molecule has 3 rings (SSSR count). The van der Waals surface area contributed by atoms with Gasteiger partial charge in [0.15, 0.2) is 0 Å². The van der Waals surface area contributed by atoms with Crippen LogP contribution in [0, 0.1) is 0 Å². The molecule has 0 aliphatic carbocycles. The smallest absolute Gasteiger partial charge is 0.327 e. The van der Waals surface area contributed by atoms with E-state index in [0.29, 0.717) is 0 Å². The molecule has 3 heteroatoms. The molecule has 0 amide bonds. The number of esters is 1. The van der Waals surface area contributed by atoms with Gasteiger partial charge in [-0.2, -0.15) is 0 Å². The van der Waals surface area contributed by atoms with Crippen LogP contribution < -0.4 is 0 Å². The summed E-state index contributed by atoms with van der Waals surface area (Å²) < 4.78 is 4.56. The summed E-state index contributed by atoms with van der Waals surface area (Å²) in [6, 6.07) is 20.3. The van der Waals surface area contributed by atoms with Crippen LogP contribution in [0.3, 0.4) is 0 Å². The fourth-order valence-electron chi connectivity index (χ4n) is 3.17. The molecule has 0 aromatic heterocycles. The number of hydrogen-bond donors (Lipinski definition) is 0. The van der Waals surface area contributed by atoms with Gasteiger partial charge in [0.25, 0.3) is 0 Å². The van der Waals surface area contributed by atoms with E-state index in [1.165, 1.54) is 12.7 Å². The lowest BCUT2D eigenvalue weighted by molar-refractivity contribution is -0.144. The van der Waals surface area contributed by atoms with Crippen LogP contribution in [0.2, 0.25) is 0 Å². The molecular weight excluding hydrogens is 280 g/mol. The minimum atomic E-state index is -0.628. The third-order valence-corrected chi connectivity index (χ3v) is 5.70. The van der Waals surface area contributed by atoms with E-state index in [4.69, 9.17) is 4.74 Å². The standard InChI is InChI=1S/C18H18O2S/c1-20-17(19)18(15-10-6-3-7-11-15)16(12-13-21-18)14-8-4-2-5-9-14/h2-11,16H,12-13H2,1H3/t16-,18-/m1/s1. The van der Waals surface area contributed by atoms with Gasteiger partial charge >= 0.3 is 5.97 Å². The van der Waals surface area contributed by atoms with E-state index >= 15 is 0 Å². The Morgan fingerprint density at radius 3 is 2.33 bits per heavy atom. The molecule has 108 valence electrons. The van der Waals surface area contributed by atoms with Gasteiger partial charge in [-0.25, -0.2) is 0 Å². The van der Waals surface area contributed by atoms with Crippen LogP contribution in [-0.2, 0) is 14.3 Å². The minimum absolute atomic E-state index is 0.148. The Morgan fingerprint density at radius 1 is 1.10 bits per heavy atom. The second-order valence-corrected chi connectivity index (χ2v) is 6.53. The number of benzene rings is 2. The first-order valence-corrected chi connectivity index (χ1v) is 8.10. The van der Waals surface area contributed by atoms with E-state index in [0.717, 1.165) is 17.7 Å². The topological polar surface area (TPSA) is 26.3 Å². The van der Waals surface area contributed by atoms with Gasteiger partial charge in [0.2, 0.25) is 0 Å². The normalized spacial score (nSPS) is 24.7. The summed E-state index contributed by atoms with van der Waals surface area (Å²) >= 11 is 1.70. The molecule has 0 bridgehead atoms. The Labute approximate surface area is 129 Å². The average molecular weight is 298 g/mol. The Balaban J connectivity index is 2.13. The predicted molar refractivity (Wildman–Crippen MR) is 86.4 cm³/mol. The molecule has 2 aromatic rings. The zero-order valence-electron chi connectivity index (χ0n) is 12.0. The maximum absolute atomic E-state index is 12.7. The first-order valence-electron chi connectivity index (χ1n) is 7.12. The first kappa shape index (κ1) is 14.2. The molecule has 1 saturated heterocycles. The van der Waals surface area contributed by atoms with E-state index in [1.807, 2.05) is 48.5 Å². The lowest BCUT2D eigenvalue weighted by atomic mass is 9.79. The summed E-state index contributed by atoms with van der Waals surface area (Å²) in [6.45, 7) is 0. The maximum Gasteiger partial charge on any atom is 0.327 e. The first-order chi connectivity index (χ1) is 10.3. The maximum atomic E-state index is 12.7. The molecule has 2 aromatic carbocycles. The SMILES string of the molecule is COC(=O)[C@]1(c2ccccc2)SCC[C@@H]1c1ccccc1. The number of rotatable bonds is 3. The summed E-state index contributed by atoms with van der Waals surface area (Å²) in [5.74, 6) is 0.965. The average Bonchev–Trinajstić information content (AvgIpc) is 3.01. The molecule has 2 nitrogen and oxygen atoms in total. The van der Waals surface area contributed by atoms with Crippen molar-refractivity contribution in [3.8, 4) is 0 Å². The third-order valence-electron chi connectivity index (χ3n) is 4.12. The number of hydrogen-bond acceptors (Lipinski definition) is 3. The number of carbonyl (C=O) groups is 1. The van der Waals surface area contributed by atoms with Crippen LogP contribution in [0.15, 0.2) is 60.7 Å². The van der Waals surface area contributed by atoms with E-state index < -0.39 is 4.75 Å². The molecule has 0 unspecified atom stereocenters. The van der Waals surface area contributed by atoms with Gasteiger partial charge in [-0.3, -0.25) is 4.79 Å². The molecule has 1 fully saturated rings. The molecule has 1 heterocycles. The van der Waals surface area contributed by atoms with E-state index in [1.54, 1.807) is 11.8 Å². The molecule has 1 aliphatic heterocycles. The van der Waals surface area contributed by atoms with Crippen LogP contribution in [-0.4, -0.2) is 18.8 Å². The van der Waals surface area contributed by atoms with Crippen molar-refractivity contribution >= 4 is 17.7 Å². The zero-order chi connectivity index (χ0) is 14.7. The Hall–Kier alpha value is -1.74. The molecule has 0 radical (unpaired) electrons. The lowest BCUT2D eigenvalue weighted by Crippen LogP contribution is -2.36. The van der Waals surface area contributed by atoms with Crippen LogP contribution in [0.5, 0.6) is 0 Å². The third kappa shape index (κ3) is 2.36. The largest absolute Gasteiger partial charge is 0.468 e. The number of carbonyl (C=O) groups excluding carboxylic acids is 1. The van der Waals surface area contributed by atoms with Crippen molar-refractivity contribution in [2.45, 2.75) is 17.1 Å². The Morgan fingerprint density at radius 2 is 1.71 bits per heavy atom. The zero-order valence-corrected chi connectivity index (χ0v) is 12.8. The van der Waals surface area contributed by atoms with Gasteiger partial charge in [0.05, 0.1) is 7.11 Å². The minimum Gasteiger partial charge on any atom is -0.468 e. The second-order valence-electron chi connectivity index (χ2n) is 5.19. The van der Waals surface area contributed by atoms with Crippen LogP contribution in [0.25, 0.3) is 0 Å². The fourth-order valence-corrected chi connectivity index (χ4v) is 4.80.